The molecule has 0 unspecified atom stereocenters. The molecule has 12 nitrogen and oxygen atoms in total. The summed E-state index contributed by atoms with van der Waals surface area (Å²) in [5.74, 6) is -1.42. The van der Waals surface area contributed by atoms with Gasteiger partial charge in [-0.05, 0) is 102 Å². The van der Waals surface area contributed by atoms with Gasteiger partial charge in [0.1, 0.15) is 41.5 Å². The maximum Gasteiger partial charge on any atom is 0.344 e. The number of esters is 1. The van der Waals surface area contributed by atoms with Crippen LogP contribution >= 0.6 is 0 Å². The Bertz CT molecular complexity index is 2390. The summed E-state index contributed by atoms with van der Waals surface area (Å²) in [5, 5.41) is 27.7. The minimum atomic E-state index is -1.30. The Hall–Kier alpha value is -8.19. The number of hydrogen-bond donors (Lipinski definition) is 3. The quantitative estimate of drug-likeness (QED) is 0.0340. The molecule has 57 heavy (non-hydrogen) atoms. The molecule has 0 aliphatic carbocycles. The highest BCUT2D eigenvalue weighted by Gasteiger charge is 2.20. The van der Waals surface area contributed by atoms with E-state index in [1.807, 2.05) is 30.4 Å². The van der Waals surface area contributed by atoms with Crippen LogP contribution in [0.15, 0.2) is 146 Å². The van der Waals surface area contributed by atoms with Gasteiger partial charge in [-0.15, -0.1) is 0 Å². The number of phenols is 1. The van der Waals surface area contributed by atoms with E-state index in [1.54, 1.807) is 84.9 Å². The minimum absolute atomic E-state index is 0.0134. The molecule has 6 aromatic carbocycles. The van der Waals surface area contributed by atoms with Gasteiger partial charge in [0.05, 0.1) is 16.7 Å². The Morgan fingerprint density at radius 2 is 1.07 bits per heavy atom. The Kier molecular flexibility index (Phi) is 14.3. The third-order valence-corrected chi connectivity index (χ3v) is 7.64. The number of aromatic hydroxyl groups is 1. The van der Waals surface area contributed by atoms with Gasteiger partial charge in [-0.3, -0.25) is 0 Å². The minimum Gasteiger partial charge on any atom is -0.508 e. The number of phenolic OH excluding ortho intramolecular Hbond substituents is 1. The molecule has 0 saturated heterocycles. The number of carbonyl (C=O) groups is 3. The molecule has 0 atom stereocenters. The predicted octanol–water partition coefficient (Wildman–Crippen LogP) is 8.14. The molecule has 0 aliphatic rings. The molecule has 0 spiro atoms. The standard InChI is InChI=1S/C39H26O11.C6H6O/c1-2-45-33-17-19-35(38(42)43)36(24-33)39(44)49-30-12-8-26(9-13-30)22-27-10-14-31(15-11-27)50-48-25-28-23-32(16-18-34(28)37(40)41)47-21-20-46-29-6-4-3-5-7-29;7-6-4-2-1-3-5-6/h1,3-19,23-24H,22,25H2,(H,40,41)(H,42,43);1-5,7H. The number of para-hydroxylation sites is 2. The van der Waals surface area contributed by atoms with E-state index >= 15 is 0 Å². The van der Waals surface area contributed by atoms with Crippen LogP contribution < -0.4 is 23.8 Å². The van der Waals surface area contributed by atoms with Crippen molar-refractivity contribution >= 4 is 17.9 Å². The number of rotatable bonds is 13. The SMILES string of the molecule is C#COc1ccc(C(=O)O)c(C(=O)Oc2ccc(Cc3ccc(OOCc4cc(OC#COc5ccccc5)ccc4C(=O)O)cc3)cc2)c1.Oc1ccccc1. The summed E-state index contributed by atoms with van der Waals surface area (Å²) in [6.07, 6.45) is 12.5. The molecule has 0 radical (unpaired) electrons. The summed E-state index contributed by atoms with van der Waals surface area (Å²) in [5.41, 5.74) is 1.70. The number of carboxylic acids is 2. The topological polar surface area (TPSA) is 167 Å². The first-order valence-corrected chi connectivity index (χ1v) is 16.9. The van der Waals surface area contributed by atoms with Crippen molar-refractivity contribution < 1.29 is 58.4 Å². The average Bonchev–Trinajstić information content (AvgIpc) is 3.22. The largest absolute Gasteiger partial charge is 0.508 e. The second-order valence-electron chi connectivity index (χ2n) is 11.6. The molecular formula is C45H32O12. The fourth-order valence-corrected chi connectivity index (χ4v) is 4.94. The number of hydrogen-bond acceptors (Lipinski definition) is 10. The lowest BCUT2D eigenvalue weighted by Gasteiger charge is -2.10. The summed E-state index contributed by atoms with van der Waals surface area (Å²) < 4.78 is 20.9. The normalized spacial score (nSPS) is 9.88. The van der Waals surface area contributed by atoms with Gasteiger partial charge in [-0.25, -0.2) is 14.4 Å². The second kappa shape index (κ2) is 20.3. The fraction of sp³-hybridized carbons (Fsp3) is 0.0444. The van der Waals surface area contributed by atoms with Crippen molar-refractivity contribution in [3.05, 3.63) is 179 Å². The van der Waals surface area contributed by atoms with Gasteiger partial charge >= 0.3 is 17.9 Å². The molecule has 284 valence electrons. The molecular weight excluding hydrogens is 732 g/mol. The number of carboxylic acid groups (broad SMARTS) is 2. The zero-order chi connectivity index (χ0) is 40.4. The van der Waals surface area contributed by atoms with Gasteiger partial charge in [0.25, 0.3) is 0 Å². The number of terminal acetylenes is 1. The van der Waals surface area contributed by atoms with Crippen LogP contribution in [0.5, 0.6) is 34.5 Å². The lowest BCUT2D eigenvalue weighted by Crippen LogP contribution is -2.14. The van der Waals surface area contributed by atoms with E-state index in [1.165, 1.54) is 36.4 Å². The Balaban J connectivity index is 0.000000799. The first kappa shape index (κ1) is 40.0. The van der Waals surface area contributed by atoms with Gasteiger partial charge in [0.15, 0.2) is 18.0 Å². The zero-order valence-corrected chi connectivity index (χ0v) is 29.9. The summed E-state index contributed by atoms with van der Waals surface area (Å²) >= 11 is 0. The summed E-state index contributed by atoms with van der Waals surface area (Å²) in [4.78, 5) is 46.8. The van der Waals surface area contributed by atoms with Crippen LogP contribution in [0.1, 0.15) is 47.8 Å². The Labute approximate surface area is 326 Å². The van der Waals surface area contributed by atoms with E-state index < -0.39 is 17.9 Å². The van der Waals surface area contributed by atoms with E-state index in [9.17, 15) is 24.6 Å². The van der Waals surface area contributed by atoms with Crippen molar-refractivity contribution in [1.82, 2.24) is 0 Å². The molecule has 0 aliphatic heterocycles. The van der Waals surface area contributed by atoms with Crippen molar-refractivity contribution in [1.29, 1.82) is 0 Å². The van der Waals surface area contributed by atoms with E-state index in [0.29, 0.717) is 35.0 Å². The van der Waals surface area contributed by atoms with Crippen molar-refractivity contribution in [3.8, 4) is 59.2 Å². The Morgan fingerprint density at radius 1 is 0.544 bits per heavy atom. The average molecular weight is 765 g/mol. The van der Waals surface area contributed by atoms with E-state index in [4.69, 9.17) is 40.3 Å². The molecule has 0 bridgehead atoms. The summed E-state index contributed by atoms with van der Waals surface area (Å²) in [6.45, 7) is -0.187. The van der Waals surface area contributed by atoms with Gasteiger partial charge in [-0.2, -0.15) is 4.89 Å². The van der Waals surface area contributed by atoms with Crippen LogP contribution in [0.25, 0.3) is 0 Å². The monoisotopic (exact) mass is 764 g/mol. The van der Waals surface area contributed by atoms with Crippen LogP contribution in [0, 0.1) is 24.7 Å². The van der Waals surface area contributed by atoms with E-state index in [2.05, 4.69) is 12.2 Å². The van der Waals surface area contributed by atoms with Crippen LogP contribution in [-0.2, 0) is 17.9 Å². The van der Waals surface area contributed by atoms with Crippen LogP contribution in [0.2, 0.25) is 0 Å². The highest BCUT2D eigenvalue weighted by Crippen LogP contribution is 2.24. The van der Waals surface area contributed by atoms with Crippen LogP contribution in [0.3, 0.4) is 0 Å². The molecule has 3 N–H and O–H groups in total. The first-order chi connectivity index (χ1) is 27.7. The zero-order valence-electron chi connectivity index (χ0n) is 29.9. The van der Waals surface area contributed by atoms with Gasteiger partial charge in [-0.1, -0.05) is 67.1 Å². The molecule has 0 saturated carbocycles. The Morgan fingerprint density at radius 3 is 1.63 bits per heavy atom. The molecule has 0 heterocycles. The highest BCUT2D eigenvalue weighted by atomic mass is 17.2. The van der Waals surface area contributed by atoms with Crippen molar-refractivity contribution in [2.75, 3.05) is 0 Å². The lowest BCUT2D eigenvalue weighted by molar-refractivity contribution is -0.217. The first-order valence-electron chi connectivity index (χ1n) is 16.9. The smallest absolute Gasteiger partial charge is 0.344 e. The maximum absolute atomic E-state index is 12.8. The summed E-state index contributed by atoms with van der Waals surface area (Å²) in [7, 11) is 0. The van der Waals surface area contributed by atoms with Gasteiger partial charge in [0.2, 0.25) is 0 Å². The maximum atomic E-state index is 12.8. The fourth-order valence-electron chi connectivity index (χ4n) is 4.94. The summed E-state index contributed by atoms with van der Waals surface area (Å²) in [6, 6.07) is 39.5. The number of ether oxygens (including phenoxy) is 4. The van der Waals surface area contributed by atoms with E-state index in [0.717, 1.165) is 11.1 Å². The molecule has 12 heteroatoms. The van der Waals surface area contributed by atoms with Crippen molar-refractivity contribution in [2.45, 2.75) is 13.0 Å². The third-order valence-electron chi connectivity index (χ3n) is 7.64. The molecule has 0 fully saturated rings. The molecule has 0 aromatic heterocycles. The number of benzene rings is 6. The highest BCUT2D eigenvalue weighted by molar-refractivity contribution is 6.03. The molecule has 6 aromatic rings. The van der Waals surface area contributed by atoms with Crippen molar-refractivity contribution in [3.63, 3.8) is 0 Å². The number of aromatic carboxylic acids is 2. The van der Waals surface area contributed by atoms with Crippen LogP contribution in [-0.4, -0.2) is 33.2 Å². The van der Waals surface area contributed by atoms with Crippen LogP contribution in [0.4, 0.5) is 0 Å². The van der Waals surface area contributed by atoms with Crippen molar-refractivity contribution in [2.24, 2.45) is 0 Å². The van der Waals surface area contributed by atoms with E-state index in [-0.39, 0.29) is 34.8 Å². The molecule has 6 rings (SSSR count). The number of carbonyl (C=O) groups excluding carboxylic acids is 1. The lowest BCUT2D eigenvalue weighted by atomic mass is 10.0. The molecule has 0 amide bonds. The second-order valence-corrected chi connectivity index (χ2v) is 11.6. The predicted molar refractivity (Wildman–Crippen MR) is 206 cm³/mol. The third kappa shape index (κ3) is 12.4. The van der Waals surface area contributed by atoms with Gasteiger partial charge in [0, 0.05) is 5.56 Å². The van der Waals surface area contributed by atoms with Gasteiger partial charge < -0.3 is 39.2 Å².